The molecule has 0 bridgehead atoms. The number of aromatic nitrogens is 3. The largest absolute Gasteiger partial charge is 0.369 e. The first-order valence-corrected chi connectivity index (χ1v) is 11.9. The minimum absolute atomic E-state index is 0.123. The summed E-state index contributed by atoms with van der Waals surface area (Å²) in [4.78, 5) is 27.5. The molecule has 1 aromatic rings. The summed E-state index contributed by atoms with van der Waals surface area (Å²) in [7, 11) is 0. The summed E-state index contributed by atoms with van der Waals surface area (Å²) in [6.45, 7) is 25.0. The van der Waals surface area contributed by atoms with E-state index in [0.717, 1.165) is 36.8 Å². The van der Waals surface area contributed by atoms with Gasteiger partial charge in [0.05, 0.1) is 0 Å². The van der Waals surface area contributed by atoms with Crippen LogP contribution in [0, 0.1) is 0 Å². The van der Waals surface area contributed by atoms with E-state index in [4.69, 9.17) is 0 Å². The van der Waals surface area contributed by atoms with Crippen LogP contribution in [0.2, 0.25) is 0 Å². The van der Waals surface area contributed by atoms with E-state index in [-0.39, 0.29) is 34.5 Å². The Bertz CT molecular complexity index is 737. The smallest absolute Gasteiger partial charge is 0.257 e. The van der Waals surface area contributed by atoms with Crippen LogP contribution >= 0.6 is 0 Å². The van der Waals surface area contributed by atoms with Gasteiger partial charge in [-0.05, 0) is 62.3 Å². The summed E-state index contributed by atoms with van der Waals surface area (Å²) < 4.78 is 0. The van der Waals surface area contributed by atoms with Gasteiger partial charge in [-0.3, -0.25) is 0 Å². The lowest BCUT2D eigenvalue weighted by Gasteiger charge is -2.23. The summed E-state index contributed by atoms with van der Waals surface area (Å²) in [5.41, 5.74) is -0.369. The minimum atomic E-state index is -0.123. The zero-order valence-electron chi connectivity index (χ0n) is 22.8. The first-order valence-electron chi connectivity index (χ1n) is 11.9. The number of nitrogens with zero attached hydrogens (tertiary/aromatic N) is 6. The van der Waals surface area contributed by atoms with E-state index in [2.05, 4.69) is 108 Å². The molecule has 0 unspecified atom stereocenters. The molecule has 186 valence electrons. The Labute approximate surface area is 200 Å². The molecule has 33 heavy (non-hydrogen) atoms. The van der Waals surface area contributed by atoms with E-state index in [0.29, 0.717) is 0 Å². The standard InChI is InChI=1S/C24H45N9/c1-13-16(31-22(4,5)6)25-19-28-20(26-17(14-2)32-23(7,8)9)30-21(29-19)27-18(15-3)33-24(10,11)12/h13-15H2,1-12H3,(H3,25,26,27,28,29,30,31,32,33). The van der Waals surface area contributed by atoms with Gasteiger partial charge >= 0.3 is 0 Å². The van der Waals surface area contributed by atoms with Crippen LogP contribution in [0.1, 0.15) is 102 Å². The number of rotatable bonds is 6. The average molecular weight is 460 g/mol. The van der Waals surface area contributed by atoms with Gasteiger partial charge in [-0.1, -0.05) is 20.8 Å². The summed E-state index contributed by atoms with van der Waals surface area (Å²) in [6, 6.07) is 0. The van der Waals surface area contributed by atoms with E-state index in [1.165, 1.54) is 0 Å². The monoisotopic (exact) mass is 459 g/mol. The third kappa shape index (κ3) is 12.3. The molecule has 0 radical (unpaired) electrons. The molecule has 9 heteroatoms. The topological polar surface area (TPSA) is 112 Å². The van der Waals surface area contributed by atoms with Crippen LogP contribution in [0.25, 0.3) is 0 Å². The second-order valence-corrected chi connectivity index (χ2v) is 11.1. The highest BCUT2D eigenvalue weighted by Crippen LogP contribution is 2.19. The van der Waals surface area contributed by atoms with Crippen LogP contribution in [0.4, 0.5) is 17.8 Å². The van der Waals surface area contributed by atoms with E-state index in [1.54, 1.807) is 0 Å². The molecule has 0 atom stereocenters. The van der Waals surface area contributed by atoms with Gasteiger partial charge in [0.15, 0.2) is 0 Å². The van der Waals surface area contributed by atoms with Crippen LogP contribution in [0.3, 0.4) is 0 Å². The van der Waals surface area contributed by atoms with Crippen molar-refractivity contribution < 1.29 is 0 Å². The Balaban J connectivity index is 3.59. The summed E-state index contributed by atoms with van der Waals surface area (Å²) in [6.07, 6.45) is 2.16. The molecule has 9 nitrogen and oxygen atoms in total. The van der Waals surface area contributed by atoms with Crippen LogP contribution in [-0.4, -0.2) is 49.1 Å². The number of hydrogen-bond donors (Lipinski definition) is 3. The van der Waals surface area contributed by atoms with E-state index in [1.807, 2.05) is 20.8 Å². The molecule has 0 aliphatic heterocycles. The fourth-order valence-electron chi connectivity index (χ4n) is 2.74. The van der Waals surface area contributed by atoms with Gasteiger partial charge in [-0.2, -0.15) is 29.9 Å². The van der Waals surface area contributed by atoms with Crippen molar-refractivity contribution in [3.8, 4) is 0 Å². The average Bonchev–Trinajstić information content (AvgIpc) is 2.62. The molecule has 0 saturated heterocycles. The lowest BCUT2D eigenvalue weighted by atomic mass is 10.1. The number of hydrogen-bond acceptors (Lipinski definition) is 6. The van der Waals surface area contributed by atoms with E-state index >= 15 is 0 Å². The molecule has 1 rings (SSSR count). The summed E-state index contributed by atoms with van der Waals surface area (Å²) in [5, 5.41) is 10.2. The molecule has 0 saturated carbocycles. The van der Waals surface area contributed by atoms with E-state index in [9.17, 15) is 0 Å². The highest BCUT2D eigenvalue weighted by atomic mass is 15.3. The highest BCUT2D eigenvalue weighted by Gasteiger charge is 2.16. The van der Waals surface area contributed by atoms with Crippen molar-refractivity contribution in [2.45, 2.75) is 119 Å². The van der Waals surface area contributed by atoms with Crippen molar-refractivity contribution in [3.63, 3.8) is 0 Å². The molecule has 0 aromatic carbocycles. The Morgan fingerprint density at radius 1 is 0.515 bits per heavy atom. The molecule has 1 heterocycles. The Morgan fingerprint density at radius 3 is 0.879 bits per heavy atom. The van der Waals surface area contributed by atoms with Gasteiger partial charge in [0.2, 0.25) is 0 Å². The van der Waals surface area contributed by atoms with Crippen molar-refractivity contribution >= 4 is 35.4 Å². The van der Waals surface area contributed by atoms with Gasteiger partial charge in [-0.25, -0.2) is 0 Å². The lowest BCUT2D eigenvalue weighted by molar-refractivity contribution is 0.507. The Kier molecular flexibility index (Phi) is 9.93. The summed E-state index contributed by atoms with van der Waals surface area (Å²) in [5.74, 6) is 3.25. The minimum Gasteiger partial charge on any atom is -0.369 e. The maximum atomic E-state index is 4.66. The fraction of sp³-hybridized carbons (Fsp3) is 0.750. The predicted octanol–water partition coefficient (Wildman–Crippen LogP) is 5.36. The molecule has 3 N–H and O–H groups in total. The second kappa shape index (κ2) is 11.5. The predicted molar refractivity (Wildman–Crippen MR) is 141 cm³/mol. The quantitative estimate of drug-likeness (QED) is 0.390. The van der Waals surface area contributed by atoms with Crippen LogP contribution in [0.5, 0.6) is 0 Å². The number of amidine groups is 3. The SMILES string of the molecule is CCC(=Nc1nc(N=C(CC)NC(C)(C)C)nc(N=C(CC)NC(C)(C)C)n1)NC(C)(C)C. The second-order valence-electron chi connectivity index (χ2n) is 11.1. The molecule has 0 amide bonds. The van der Waals surface area contributed by atoms with Crippen molar-refractivity contribution in [2.24, 2.45) is 15.0 Å². The maximum Gasteiger partial charge on any atom is 0.257 e. The zero-order valence-corrected chi connectivity index (χ0v) is 22.8. The molecular weight excluding hydrogens is 414 g/mol. The number of aliphatic imine (C=N–C) groups is 3. The Hall–Kier alpha value is -2.58. The third-order valence-corrected chi connectivity index (χ3v) is 3.87. The fourth-order valence-corrected chi connectivity index (χ4v) is 2.74. The normalized spacial score (nSPS) is 14.4. The van der Waals surface area contributed by atoms with Crippen LogP contribution < -0.4 is 16.0 Å². The Morgan fingerprint density at radius 2 is 0.727 bits per heavy atom. The van der Waals surface area contributed by atoms with Gasteiger partial charge in [-0.15, -0.1) is 0 Å². The maximum absolute atomic E-state index is 4.66. The van der Waals surface area contributed by atoms with Crippen LogP contribution in [0.15, 0.2) is 15.0 Å². The molecule has 0 spiro atoms. The van der Waals surface area contributed by atoms with Gasteiger partial charge in [0.25, 0.3) is 17.8 Å². The third-order valence-electron chi connectivity index (χ3n) is 3.87. The van der Waals surface area contributed by atoms with Gasteiger partial charge in [0.1, 0.15) is 17.5 Å². The first kappa shape index (κ1) is 28.5. The lowest BCUT2D eigenvalue weighted by Crippen LogP contribution is -2.40. The number of nitrogens with one attached hydrogen (secondary N) is 3. The summed E-state index contributed by atoms with van der Waals surface area (Å²) >= 11 is 0. The van der Waals surface area contributed by atoms with Crippen molar-refractivity contribution in [1.29, 1.82) is 0 Å². The van der Waals surface area contributed by atoms with E-state index < -0.39 is 0 Å². The van der Waals surface area contributed by atoms with Gasteiger partial charge in [0, 0.05) is 35.9 Å². The van der Waals surface area contributed by atoms with Crippen molar-refractivity contribution in [3.05, 3.63) is 0 Å². The molecule has 0 fully saturated rings. The van der Waals surface area contributed by atoms with Crippen LogP contribution in [-0.2, 0) is 0 Å². The molecule has 0 aliphatic rings. The van der Waals surface area contributed by atoms with Gasteiger partial charge < -0.3 is 16.0 Å². The van der Waals surface area contributed by atoms with Crippen molar-refractivity contribution in [1.82, 2.24) is 30.9 Å². The molecule has 1 aromatic heterocycles. The molecular formula is C24H45N9. The zero-order chi connectivity index (χ0) is 25.4. The highest BCUT2D eigenvalue weighted by molar-refractivity contribution is 5.86. The van der Waals surface area contributed by atoms with Crippen molar-refractivity contribution in [2.75, 3.05) is 0 Å². The molecule has 0 aliphatic carbocycles. The first-order chi connectivity index (χ1) is 15.0.